The number of aromatic amines is 1. The molecule has 0 radical (unpaired) electrons. The van der Waals surface area contributed by atoms with Gasteiger partial charge in [-0.15, -0.1) is 0 Å². The number of methoxy groups -OCH3 is 1. The first kappa shape index (κ1) is 20.0. The SMILES string of the molecule is COc1cc(C(=O)N2CCc3n[nH]c(=O)cc3C2)ccc1OCc1ccccc1Cl. The zero-order chi connectivity index (χ0) is 21.1. The van der Waals surface area contributed by atoms with Crippen LogP contribution in [0.4, 0.5) is 0 Å². The van der Waals surface area contributed by atoms with Crippen molar-refractivity contribution in [2.75, 3.05) is 13.7 Å². The van der Waals surface area contributed by atoms with E-state index in [1.54, 1.807) is 29.2 Å². The smallest absolute Gasteiger partial charge is 0.264 e. The molecule has 0 saturated heterocycles. The number of hydrogen-bond acceptors (Lipinski definition) is 5. The Morgan fingerprint density at radius 1 is 1.20 bits per heavy atom. The third-order valence-corrected chi connectivity index (χ3v) is 5.36. The summed E-state index contributed by atoms with van der Waals surface area (Å²) in [6.45, 7) is 1.16. The van der Waals surface area contributed by atoms with Crippen molar-refractivity contribution in [3.63, 3.8) is 0 Å². The molecule has 3 aromatic rings. The Bertz CT molecular complexity index is 1150. The molecule has 7 nitrogen and oxygen atoms in total. The van der Waals surface area contributed by atoms with Gasteiger partial charge in [0.15, 0.2) is 11.5 Å². The molecule has 1 aromatic heterocycles. The van der Waals surface area contributed by atoms with Gasteiger partial charge >= 0.3 is 0 Å². The highest BCUT2D eigenvalue weighted by Crippen LogP contribution is 2.30. The van der Waals surface area contributed by atoms with Gasteiger partial charge in [-0.25, -0.2) is 5.10 Å². The molecule has 154 valence electrons. The lowest BCUT2D eigenvalue weighted by Gasteiger charge is -2.28. The van der Waals surface area contributed by atoms with E-state index in [1.807, 2.05) is 18.2 Å². The molecule has 4 rings (SSSR count). The van der Waals surface area contributed by atoms with Crippen LogP contribution < -0.4 is 15.0 Å². The van der Waals surface area contributed by atoms with Gasteiger partial charge in [0.05, 0.1) is 12.8 Å². The van der Waals surface area contributed by atoms with Gasteiger partial charge in [-0.05, 0) is 24.3 Å². The first-order valence-corrected chi connectivity index (χ1v) is 9.84. The molecule has 0 atom stereocenters. The Hall–Kier alpha value is -3.32. The third kappa shape index (κ3) is 4.16. The summed E-state index contributed by atoms with van der Waals surface area (Å²) in [4.78, 5) is 26.2. The zero-order valence-corrected chi connectivity index (χ0v) is 17.1. The van der Waals surface area contributed by atoms with E-state index in [-0.39, 0.29) is 18.1 Å². The van der Waals surface area contributed by atoms with Crippen molar-refractivity contribution in [1.29, 1.82) is 0 Å². The molecule has 0 spiro atoms. The molecule has 0 saturated carbocycles. The molecule has 0 aliphatic carbocycles. The lowest BCUT2D eigenvalue weighted by Crippen LogP contribution is -2.37. The molecule has 2 aromatic carbocycles. The van der Waals surface area contributed by atoms with Gasteiger partial charge in [-0.1, -0.05) is 29.8 Å². The highest BCUT2D eigenvalue weighted by Gasteiger charge is 2.24. The highest BCUT2D eigenvalue weighted by molar-refractivity contribution is 6.31. The normalized spacial score (nSPS) is 12.9. The predicted molar refractivity (Wildman–Crippen MR) is 112 cm³/mol. The first-order chi connectivity index (χ1) is 14.5. The number of carbonyl (C=O) groups excluding carboxylic acids is 1. The van der Waals surface area contributed by atoms with Crippen molar-refractivity contribution in [1.82, 2.24) is 15.1 Å². The van der Waals surface area contributed by atoms with E-state index in [2.05, 4.69) is 10.2 Å². The van der Waals surface area contributed by atoms with Crippen molar-refractivity contribution in [3.05, 3.63) is 86.3 Å². The van der Waals surface area contributed by atoms with Crippen molar-refractivity contribution in [2.24, 2.45) is 0 Å². The van der Waals surface area contributed by atoms with Crippen LogP contribution in [0.2, 0.25) is 5.02 Å². The summed E-state index contributed by atoms with van der Waals surface area (Å²) in [5.41, 5.74) is 2.66. The maximum absolute atomic E-state index is 13.0. The summed E-state index contributed by atoms with van der Waals surface area (Å²) in [6, 6.07) is 14.0. The summed E-state index contributed by atoms with van der Waals surface area (Å²) >= 11 is 6.18. The van der Waals surface area contributed by atoms with Gasteiger partial charge < -0.3 is 14.4 Å². The van der Waals surface area contributed by atoms with E-state index in [4.69, 9.17) is 21.1 Å². The number of fused-ring (bicyclic) bond motifs is 1. The number of halogens is 1. The minimum absolute atomic E-state index is 0.142. The number of ether oxygens (including phenoxy) is 2. The van der Waals surface area contributed by atoms with Crippen molar-refractivity contribution in [3.8, 4) is 11.5 Å². The largest absolute Gasteiger partial charge is 0.493 e. The topological polar surface area (TPSA) is 84.5 Å². The second-order valence-electron chi connectivity index (χ2n) is 6.93. The van der Waals surface area contributed by atoms with E-state index in [0.29, 0.717) is 41.6 Å². The average molecular weight is 426 g/mol. The maximum atomic E-state index is 13.0. The number of hydrogen-bond donors (Lipinski definition) is 1. The summed E-state index contributed by atoms with van der Waals surface area (Å²) in [5, 5.41) is 7.12. The summed E-state index contributed by atoms with van der Waals surface area (Å²) < 4.78 is 11.3. The number of carbonyl (C=O) groups is 1. The highest BCUT2D eigenvalue weighted by atomic mass is 35.5. The molecule has 0 fully saturated rings. The number of nitrogens with zero attached hydrogens (tertiary/aromatic N) is 2. The Labute approximate surface area is 178 Å². The lowest BCUT2D eigenvalue weighted by atomic mass is 10.1. The van der Waals surface area contributed by atoms with Crippen LogP contribution in [0.1, 0.15) is 27.2 Å². The van der Waals surface area contributed by atoms with Crippen molar-refractivity contribution < 1.29 is 14.3 Å². The van der Waals surface area contributed by atoms with Gasteiger partial charge in [0.25, 0.3) is 11.5 Å². The second kappa shape index (κ2) is 8.59. The standard InChI is InChI=1S/C22H20ClN3O4/c1-29-20-10-14(6-7-19(20)30-13-15-4-2-3-5-17(15)23)22(28)26-9-8-18-16(12-26)11-21(27)25-24-18/h2-7,10-11H,8-9,12-13H2,1H3,(H,25,27). The summed E-state index contributed by atoms with van der Waals surface area (Å²) in [6.07, 6.45) is 0.591. The van der Waals surface area contributed by atoms with Crippen LogP contribution in [-0.2, 0) is 19.6 Å². The number of amides is 1. The van der Waals surface area contributed by atoms with Crippen molar-refractivity contribution in [2.45, 2.75) is 19.6 Å². The molecular formula is C22H20ClN3O4. The lowest BCUT2D eigenvalue weighted by molar-refractivity contribution is 0.0732. The van der Waals surface area contributed by atoms with Crippen LogP contribution in [0.25, 0.3) is 0 Å². The molecular weight excluding hydrogens is 406 g/mol. The Morgan fingerprint density at radius 3 is 2.83 bits per heavy atom. The molecule has 8 heteroatoms. The minimum Gasteiger partial charge on any atom is -0.493 e. The molecule has 1 aliphatic rings. The average Bonchev–Trinajstić information content (AvgIpc) is 2.77. The Kier molecular flexibility index (Phi) is 5.72. The molecule has 2 heterocycles. The second-order valence-corrected chi connectivity index (χ2v) is 7.33. The number of aromatic nitrogens is 2. The predicted octanol–water partition coefficient (Wildman–Crippen LogP) is 3.21. The number of nitrogens with one attached hydrogen (secondary N) is 1. The van der Waals surface area contributed by atoms with Gasteiger partial charge in [-0.3, -0.25) is 9.59 Å². The van der Waals surface area contributed by atoms with Gasteiger partial charge in [0.2, 0.25) is 0 Å². The fourth-order valence-electron chi connectivity index (χ4n) is 3.39. The fourth-order valence-corrected chi connectivity index (χ4v) is 3.58. The molecule has 1 N–H and O–H groups in total. The first-order valence-electron chi connectivity index (χ1n) is 9.46. The number of rotatable bonds is 5. The quantitative estimate of drug-likeness (QED) is 0.678. The summed E-state index contributed by atoms with van der Waals surface area (Å²) in [5.74, 6) is 0.842. The molecule has 0 bridgehead atoms. The number of benzene rings is 2. The number of H-pyrrole nitrogens is 1. The molecule has 1 aliphatic heterocycles. The zero-order valence-electron chi connectivity index (χ0n) is 16.4. The van der Waals surface area contributed by atoms with Crippen LogP contribution in [0.5, 0.6) is 11.5 Å². The Balaban J connectivity index is 1.50. The summed E-state index contributed by atoms with van der Waals surface area (Å²) in [7, 11) is 1.53. The maximum Gasteiger partial charge on any atom is 0.264 e. The third-order valence-electron chi connectivity index (χ3n) is 5.00. The monoisotopic (exact) mass is 425 g/mol. The van der Waals surface area contributed by atoms with E-state index < -0.39 is 0 Å². The fraction of sp³-hybridized carbons (Fsp3) is 0.227. The van der Waals surface area contributed by atoms with Crippen LogP contribution in [0.15, 0.2) is 53.3 Å². The van der Waals surface area contributed by atoms with E-state index in [0.717, 1.165) is 16.8 Å². The molecule has 1 amide bonds. The molecule has 30 heavy (non-hydrogen) atoms. The van der Waals surface area contributed by atoms with Gasteiger partial charge in [-0.2, -0.15) is 5.10 Å². The van der Waals surface area contributed by atoms with Crippen LogP contribution >= 0.6 is 11.6 Å². The van der Waals surface area contributed by atoms with E-state index >= 15 is 0 Å². The van der Waals surface area contributed by atoms with Crippen LogP contribution in [0.3, 0.4) is 0 Å². The van der Waals surface area contributed by atoms with E-state index in [9.17, 15) is 9.59 Å². The van der Waals surface area contributed by atoms with Crippen molar-refractivity contribution >= 4 is 17.5 Å². The van der Waals surface area contributed by atoms with Crippen LogP contribution in [0, 0.1) is 0 Å². The van der Waals surface area contributed by atoms with Gasteiger partial charge in [0, 0.05) is 47.3 Å². The van der Waals surface area contributed by atoms with Crippen LogP contribution in [-0.4, -0.2) is 34.7 Å². The minimum atomic E-state index is -0.273. The van der Waals surface area contributed by atoms with E-state index in [1.165, 1.54) is 13.2 Å². The Morgan fingerprint density at radius 2 is 2.03 bits per heavy atom. The van der Waals surface area contributed by atoms with Gasteiger partial charge in [0.1, 0.15) is 6.61 Å². The molecule has 0 unspecified atom stereocenters.